The van der Waals surface area contributed by atoms with E-state index in [0.29, 0.717) is 19.1 Å². The molecule has 0 atom stereocenters. The van der Waals surface area contributed by atoms with E-state index in [0.717, 1.165) is 61.6 Å². The first-order valence-electron chi connectivity index (χ1n) is 11.2. The molecule has 1 amide bonds. The molecule has 2 rings (SSSR count). The van der Waals surface area contributed by atoms with Crippen molar-refractivity contribution in [3.63, 3.8) is 0 Å². The minimum absolute atomic E-state index is 0. The summed E-state index contributed by atoms with van der Waals surface area (Å²) in [5.41, 5.74) is 1.10. The number of aryl methyl sites for hydroxylation is 1. The van der Waals surface area contributed by atoms with Gasteiger partial charge in [0, 0.05) is 12.5 Å². The molecule has 0 radical (unpaired) electrons. The Kier molecular flexibility index (Phi) is 12.9. The van der Waals surface area contributed by atoms with Crippen LogP contribution in [0.2, 0.25) is 0 Å². The lowest BCUT2D eigenvalue weighted by Crippen LogP contribution is -2.37. The van der Waals surface area contributed by atoms with Gasteiger partial charge in [0.2, 0.25) is 5.91 Å². The van der Waals surface area contributed by atoms with Gasteiger partial charge in [0.25, 0.3) is 0 Å². The molecule has 0 spiro atoms. The van der Waals surface area contributed by atoms with E-state index in [9.17, 15) is 4.79 Å². The monoisotopic (exact) mass is 440 g/mol. The second kappa shape index (κ2) is 14.5. The van der Waals surface area contributed by atoms with Crippen molar-refractivity contribution >= 4 is 18.3 Å². The molecule has 0 bridgehead atoms. The number of rotatable bonds is 12. The van der Waals surface area contributed by atoms with Crippen molar-refractivity contribution in [3.8, 4) is 11.5 Å². The van der Waals surface area contributed by atoms with E-state index in [2.05, 4.69) is 31.2 Å². The van der Waals surface area contributed by atoms with E-state index >= 15 is 0 Å². The number of unbranched alkanes of at least 4 members (excludes halogenated alkanes) is 2. The van der Waals surface area contributed by atoms with Gasteiger partial charge in [-0.3, -0.25) is 4.79 Å². The number of nitrogens with zero attached hydrogens (tertiary/aromatic N) is 1. The Morgan fingerprint density at radius 1 is 1.10 bits per heavy atom. The number of nitrogens with one attached hydrogen (secondary N) is 1. The molecule has 1 aromatic carbocycles. The van der Waals surface area contributed by atoms with Crippen LogP contribution in [0.3, 0.4) is 0 Å². The fraction of sp³-hybridized carbons (Fsp3) is 0.708. The molecule has 6 heteroatoms. The van der Waals surface area contributed by atoms with Gasteiger partial charge in [0.05, 0.1) is 13.7 Å². The van der Waals surface area contributed by atoms with Crippen molar-refractivity contribution in [1.82, 2.24) is 10.2 Å². The van der Waals surface area contributed by atoms with Gasteiger partial charge < -0.3 is 19.7 Å². The van der Waals surface area contributed by atoms with E-state index in [1.807, 2.05) is 18.2 Å². The standard InChI is InChI=1S/C24H40N2O3.ClH/c1-19-8-12-21(13-9-19)25-24(27)15-11-20-10-14-22(23(18-20)28-4)29-17-7-5-6-16-26(2)3;/h10,14,18-19,21H,5-9,11-13,15-17H2,1-4H3,(H,25,27);1H. The Morgan fingerprint density at radius 3 is 2.50 bits per heavy atom. The number of ether oxygens (including phenoxy) is 2. The molecule has 172 valence electrons. The molecule has 1 aromatic rings. The van der Waals surface area contributed by atoms with Crippen molar-refractivity contribution in [2.75, 3.05) is 34.4 Å². The van der Waals surface area contributed by atoms with Gasteiger partial charge in [-0.1, -0.05) is 13.0 Å². The summed E-state index contributed by atoms with van der Waals surface area (Å²) in [6, 6.07) is 6.37. The molecule has 5 nitrogen and oxygen atoms in total. The molecule has 0 aliphatic heterocycles. The third-order valence-corrected chi connectivity index (χ3v) is 5.76. The summed E-state index contributed by atoms with van der Waals surface area (Å²) in [7, 11) is 5.87. The predicted molar refractivity (Wildman–Crippen MR) is 126 cm³/mol. The largest absolute Gasteiger partial charge is 0.493 e. The van der Waals surface area contributed by atoms with Crippen LogP contribution in [0.4, 0.5) is 0 Å². The third-order valence-electron chi connectivity index (χ3n) is 5.76. The minimum Gasteiger partial charge on any atom is -0.493 e. The molecule has 0 heterocycles. The molecule has 0 saturated heterocycles. The summed E-state index contributed by atoms with van der Waals surface area (Å²) in [5.74, 6) is 2.48. The van der Waals surface area contributed by atoms with Crippen molar-refractivity contribution in [2.45, 2.75) is 70.8 Å². The minimum atomic E-state index is 0. The van der Waals surface area contributed by atoms with Gasteiger partial charge in [-0.15, -0.1) is 12.4 Å². The SMILES string of the molecule is COc1cc(CCC(=O)NC2CCC(C)CC2)ccc1OCCCCCN(C)C.Cl. The first-order valence-corrected chi connectivity index (χ1v) is 11.2. The molecule has 1 saturated carbocycles. The summed E-state index contributed by atoms with van der Waals surface area (Å²) < 4.78 is 11.4. The maximum absolute atomic E-state index is 12.3. The fourth-order valence-electron chi connectivity index (χ4n) is 3.84. The van der Waals surface area contributed by atoms with Gasteiger partial charge in [0.15, 0.2) is 11.5 Å². The Balaban J connectivity index is 0.00000450. The second-order valence-electron chi connectivity index (χ2n) is 8.72. The molecule has 0 aromatic heterocycles. The smallest absolute Gasteiger partial charge is 0.220 e. The average molecular weight is 441 g/mol. The molecule has 1 aliphatic rings. The van der Waals surface area contributed by atoms with E-state index in [4.69, 9.17) is 9.47 Å². The number of hydrogen-bond donors (Lipinski definition) is 1. The Bertz CT molecular complexity index is 616. The fourth-order valence-corrected chi connectivity index (χ4v) is 3.84. The highest BCUT2D eigenvalue weighted by Gasteiger charge is 2.19. The van der Waals surface area contributed by atoms with Crippen LogP contribution < -0.4 is 14.8 Å². The zero-order valence-electron chi connectivity index (χ0n) is 19.2. The van der Waals surface area contributed by atoms with Crippen molar-refractivity contribution < 1.29 is 14.3 Å². The topological polar surface area (TPSA) is 50.8 Å². The molecule has 30 heavy (non-hydrogen) atoms. The third kappa shape index (κ3) is 10.0. The zero-order valence-corrected chi connectivity index (χ0v) is 20.1. The van der Waals surface area contributed by atoms with Gasteiger partial charge in [-0.05, 0) is 95.6 Å². The molecule has 0 unspecified atom stereocenters. The highest BCUT2D eigenvalue weighted by Crippen LogP contribution is 2.29. The van der Waals surface area contributed by atoms with Crippen molar-refractivity contribution in [3.05, 3.63) is 23.8 Å². The van der Waals surface area contributed by atoms with Gasteiger partial charge in [-0.2, -0.15) is 0 Å². The van der Waals surface area contributed by atoms with Crippen LogP contribution in [0, 0.1) is 5.92 Å². The lowest BCUT2D eigenvalue weighted by molar-refractivity contribution is -0.122. The summed E-state index contributed by atoms with van der Waals surface area (Å²) in [5, 5.41) is 3.20. The Labute approximate surface area is 189 Å². The quantitative estimate of drug-likeness (QED) is 0.472. The number of methoxy groups -OCH3 is 1. The van der Waals surface area contributed by atoms with Gasteiger partial charge in [0.1, 0.15) is 0 Å². The summed E-state index contributed by atoms with van der Waals surface area (Å²) in [4.78, 5) is 14.5. The van der Waals surface area contributed by atoms with Crippen LogP contribution in [0.5, 0.6) is 11.5 Å². The molecular formula is C24H41ClN2O3. The predicted octanol–water partition coefficient (Wildman–Crippen LogP) is 4.86. The number of halogens is 1. The van der Waals surface area contributed by atoms with E-state index in [1.54, 1.807) is 7.11 Å². The maximum Gasteiger partial charge on any atom is 0.220 e. The van der Waals surface area contributed by atoms with Crippen LogP contribution in [-0.2, 0) is 11.2 Å². The Hall–Kier alpha value is -1.46. The Morgan fingerprint density at radius 2 is 1.83 bits per heavy atom. The van der Waals surface area contributed by atoms with Gasteiger partial charge >= 0.3 is 0 Å². The number of carbonyl (C=O) groups excluding carboxylic acids is 1. The van der Waals surface area contributed by atoms with Crippen LogP contribution in [0.15, 0.2) is 18.2 Å². The van der Waals surface area contributed by atoms with Crippen molar-refractivity contribution in [2.24, 2.45) is 5.92 Å². The lowest BCUT2D eigenvalue weighted by atomic mass is 9.87. The van der Waals surface area contributed by atoms with E-state index < -0.39 is 0 Å². The summed E-state index contributed by atoms with van der Waals surface area (Å²) in [6.07, 6.45) is 9.29. The maximum atomic E-state index is 12.3. The van der Waals surface area contributed by atoms with Crippen LogP contribution >= 0.6 is 12.4 Å². The van der Waals surface area contributed by atoms with Crippen LogP contribution in [-0.4, -0.2) is 51.2 Å². The molecular weight excluding hydrogens is 400 g/mol. The highest BCUT2D eigenvalue weighted by atomic mass is 35.5. The van der Waals surface area contributed by atoms with Gasteiger partial charge in [-0.25, -0.2) is 0 Å². The van der Waals surface area contributed by atoms with E-state index in [-0.39, 0.29) is 18.3 Å². The first kappa shape index (κ1) is 26.6. The molecule has 1 aliphatic carbocycles. The highest BCUT2D eigenvalue weighted by molar-refractivity contribution is 5.85. The normalized spacial score (nSPS) is 18.6. The number of amides is 1. The number of hydrogen-bond acceptors (Lipinski definition) is 4. The van der Waals surface area contributed by atoms with Crippen LogP contribution in [0.1, 0.15) is 63.9 Å². The van der Waals surface area contributed by atoms with E-state index in [1.165, 1.54) is 19.3 Å². The molecule has 1 fully saturated rings. The second-order valence-corrected chi connectivity index (χ2v) is 8.72. The average Bonchev–Trinajstić information content (AvgIpc) is 2.71. The summed E-state index contributed by atoms with van der Waals surface area (Å²) in [6.45, 7) is 4.11. The number of carbonyl (C=O) groups is 1. The molecule has 1 N–H and O–H groups in total. The first-order chi connectivity index (χ1) is 14.0. The summed E-state index contributed by atoms with van der Waals surface area (Å²) >= 11 is 0. The zero-order chi connectivity index (χ0) is 21.1. The van der Waals surface area contributed by atoms with Crippen LogP contribution in [0.25, 0.3) is 0 Å². The van der Waals surface area contributed by atoms with Crippen molar-refractivity contribution in [1.29, 1.82) is 0 Å². The number of benzene rings is 1. The lowest BCUT2D eigenvalue weighted by Gasteiger charge is -2.26.